The van der Waals surface area contributed by atoms with Crippen LogP contribution in [0.4, 0.5) is 4.79 Å². The number of carbonyl (C=O) groups is 3. The van der Waals surface area contributed by atoms with Crippen LogP contribution in [0.5, 0.6) is 5.75 Å². The number of carboxylic acids is 1. The van der Waals surface area contributed by atoms with Gasteiger partial charge in [0.1, 0.15) is 11.4 Å². The van der Waals surface area contributed by atoms with Gasteiger partial charge in [0.05, 0.1) is 0 Å². The van der Waals surface area contributed by atoms with Crippen LogP contribution in [-0.4, -0.2) is 28.7 Å². The summed E-state index contributed by atoms with van der Waals surface area (Å²) in [6, 6.07) is 4.54. The van der Waals surface area contributed by atoms with Crippen LogP contribution >= 0.6 is 0 Å². The minimum absolute atomic E-state index is 0.289. The Labute approximate surface area is 128 Å². The fraction of sp³-hybridized carbons (Fsp3) is 0.400. The minimum Gasteiger partial charge on any atom is -0.479 e. The van der Waals surface area contributed by atoms with Gasteiger partial charge in [-0.25, -0.2) is 9.59 Å². The van der Waals surface area contributed by atoms with Crippen molar-refractivity contribution >= 4 is 18.0 Å². The molecule has 0 heterocycles. The molecule has 1 unspecified atom stereocenters. The van der Waals surface area contributed by atoms with E-state index in [0.29, 0.717) is 5.56 Å². The molecule has 22 heavy (non-hydrogen) atoms. The average molecular weight is 309 g/mol. The van der Waals surface area contributed by atoms with Gasteiger partial charge < -0.3 is 19.9 Å². The first kappa shape index (κ1) is 17.5. The predicted molar refractivity (Wildman–Crippen MR) is 77.5 cm³/mol. The number of aliphatic carboxylic acids is 1. The molecule has 7 heteroatoms. The second kappa shape index (κ2) is 6.93. The molecule has 1 aromatic carbocycles. The standard InChI is InChI=1S/C15H19NO6/c1-9(17)21-11-7-5-10(6-8-11)12(13(18)19)16-14(20)22-15(2,3)4/h5-8,12H,1-4H3,(H,16,20)(H,18,19). The second-order valence-corrected chi connectivity index (χ2v) is 5.58. The topological polar surface area (TPSA) is 102 Å². The number of hydrogen-bond donors (Lipinski definition) is 2. The molecule has 0 aliphatic carbocycles. The molecule has 120 valence electrons. The summed E-state index contributed by atoms with van der Waals surface area (Å²) in [5, 5.41) is 11.5. The van der Waals surface area contributed by atoms with E-state index in [9.17, 15) is 19.5 Å². The van der Waals surface area contributed by atoms with Crippen molar-refractivity contribution in [2.75, 3.05) is 0 Å². The summed E-state index contributed by atoms with van der Waals surface area (Å²) in [7, 11) is 0. The third kappa shape index (κ3) is 5.82. The molecule has 0 fully saturated rings. The maximum Gasteiger partial charge on any atom is 0.408 e. The van der Waals surface area contributed by atoms with Crippen LogP contribution in [-0.2, 0) is 14.3 Å². The lowest BCUT2D eigenvalue weighted by atomic mass is 10.1. The van der Waals surface area contributed by atoms with Gasteiger partial charge in [-0.15, -0.1) is 0 Å². The molecule has 1 atom stereocenters. The maximum atomic E-state index is 11.7. The van der Waals surface area contributed by atoms with Crippen LogP contribution in [0.3, 0.4) is 0 Å². The molecule has 0 bridgehead atoms. The van der Waals surface area contributed by atoms with Gasteiger partial charge in [0, 0.05) is 6.92 Å². The van der Waals surface area contributed by atoms with Gasteiger partial charge in [-0.2, -0.15) is 0 Å². The maximum absolute atomic E-state index is 11.7. The molecule has 0 saturated carbocycles. The Kier molecular flexibility index (Phi) is 5.50. The van der Waals surface area contributed by atoms with E-state index >= 15 is 0 Å². The van der Waals surface area contributed by atoms with Gasteiger partial charge in [0.15, 0.2) is 6.04 Å². The summed E-state index contributed by atoms with van der Waals surface area (Å²) in [6.07, 6.45) is -0.830. The van der Waals surface area contributed by atoms with E-state index in [2.05, 4.69) is 5.32 Å². The highest BCUT2D eigenvalue weighted by atomic mass is 16.6. The Balaban J connectivity index is 2.85. The third-order valence-electron chi connectivity index (χ3n) is 2.38. The van der Waals surface area contributed by atoms with E-state index in [1.165, 1.54) is 31.2 Å². The van der Waals surface area contributed by atoms with Gasteiger partial charge in [0.2, 0.25) is 0 Å². The van der Waals surface area contributed by atoms with E-state index in [4.69, 9.17) is 9.47 Å². The Bertz CT molecular complexity index is 558. The third-order valence-corrected chi connectivity index (χ3v) is 2.38. The molecule has 0 saturated heterocycles. The van der Waals surface area contributed by atoms with Gasteiger partial charge in [-0.3, -0.25) is 4.79 Å². The van der Waals surface area contributed by atoms with Gasteiger partial charge in [0.25, 0.3) is 0 Å². The lowest BCUT2D eigenvalue weighted by Crippen LogP contribution is -2.38. The van der Waals surface area contributed by atoms with Gasteiger partial charge in [-0.1, -0.05) is 12.1 Å². The van der Waals surface area contributed by atoms with E-state index in [1.54, 1.807) is 20.8 Å². The van der Waals surface area contributed by atoms with Crippen molar-refractivity contribution in [3.8, 4) is 5.75 Å². The van der Waals surface area contributed by atoms with Crippen molar-refractivity contribution in [3.05, 3.63) is 29.8 Å². The molecule has 0 aromatic heterocycles. The van der Waals surface area contributed by atoms with Crippen molar-refractivity contribution in [1.82, 2.24) is 5.32 Å². The normalized spacial score (nSPS) is 12.2. The first-order chi connectivity index (χ1) is 10.1. The zero-order valence-electron chi connectivity index (χ0n) is 12.9. The van der Waals surface area contributed by atoms with Gasteiger partial charge in [-0.05, 0) is 38.5 Å². The number of carbonyl (C=O) groups excluding carboxylic acids is 2. The quantitative estimate of drug-likeness (QED) is 0.653. The van der Waals surface area contributed by atoms with E-state index < -0.39 is 29.7 Å². The van der Waals surface area contributed by atoms with Crippen molar-refractivity contribution in [2.45, 2.75) is 39.3 Å². The zero-order valence-corrected chi connectivity index (χ0v) is 12.9. The summed E-state index contributed by atoms with van der Waals surface area (Å²) in [5.74, 6) is -1.42. The zero-order chi connectivity index (χ0) is 16.9. The molecule has 2 N–H and O–H groups in total. The Morgan fingerprint density at radius 3 is 2.09 bits per heavy atom. The number of nitrogens with one attached hydrogen (secondary N) is 1. The Morgan fingerprint density at radius 2 is 1.68 bits per heavy atom. The summed E-state index contributed by atoms with van der Waals surface area (Å²) in [5.41, 5.74) is -0.402. The summed E-state index contributed by atoms with van der Waals surface area (Å²) >= 11 is 0. The van der Waals surface area contributed by atoms with Crippen LogP contribution < -0.4 is 10.1 Å². The monoisotopic (exact) mass is 309 g/mol. The van der Waals surface area contributed by atoms with Crippen molar-refractivity contribution < 1.29 is 29.0 Å². The number of benzene rings is 1. The summed E-state index contributed by atoms with van der Waals surface area (Å²) in [4.78, 5) is 33.8. The molecular formula is C15H19NO6. The highest BCUT2D eigenvalue weighted by molar-refractivity contribution is 5.81. The molecule has 1 aromatic rings. The molecular weight excluding hydrogens is 290 g/mol. The highest BCUT2D eigenvalue weighted by Crippen LogP contribution is 2.19. The van der Waals surface area contributed by atoms with Crippen molar-refractivity contribution in [1.29, 1.82) is 0 Å². The van der Waals surface area contributed by atoms with Gasteiger partial charge >= 0.3 is 18.0 Å². The molecule has 0 radical (unpaired) electrons. The number of ether oxygens (including phenoxy) is 2. The van der Waals surface area contributed by atoms with Crippen LogP contribution in [0.25, 0.3) is 0 Å². The Morgan fingerprint density at radius 1 is 1.14 bits per heavy atom. The number of rotatable bonds is 4. The smallest absolute Gasteiger partial charge is 0.408 e. The first-order valence-corrected chi connectivity index (χ1v) is 6.59. The molecule has 0 spiro atoms. The average Bonchev–Trinajstić information content (AvgIpc) is 2.34. The number of amides is 1. The first-order valence-electron chi connectivity index (χ1n) is 6.59. The van der Waals surface area contributed by atoms with Crippen LogP contribution in [0.15, 0.2) is 24.3 Å². The molecule has 0 aliphatic heterocycles. The highest BCUT2D eigenvalue weighted by Gasteiger charge is 2.25. The van der Waals surface area contributed by atoms with Crippen LogP contribution in [0.1, 0.15) is 39.3 Å². The van der Waals surface area contributed by atoms with E-state index in [-0.39, 0.29) is 5.75 Å². The SMILES string of the molecule is CC(=O)Oc1ccc(C(NC(=O)OC(C)(C)C)C(=O)O)cc1. The summed E-state index contributed by atoms with van der Waals surface area (Å²) in [6.45, 7) is 6.29. The second-order valence-electron chi connectivity index (χ2n) is 5.58. The fourth-order valence-electron chi connectivity index (χ4n) is 1.61. The molecule has 1 amide bonds. The number of alkyl carbamates (subject to hydrolysis) is 1. The van der Waals surface area contributed by atoms with Crippen molar-refractivity contribution in [3.63, 3.8) is 0 Å². The van der Waals surface area contributed by atoms with E-state index in [1.807, 2.05) is 0 Å². The lowest BCUT2D eigenvalue weighted by molar-refractivity contribution is -0.139. The molecule has 0 aliphatic rings. The fourth-order valence-corrected chi connectivity index (χ4v) is 1.61. The number of esters is 1. The largest absolute Gasteiger partial charge is 0.479 e. The Hall–Kier alpha value is -2.57. The predicted octanol–water partition coefficient (Wildman–Crippen LogP) is 2.26. The summed E-state index contributed by atoms with van der Waals surface area (Å²) < 4.78 is 9.89. The van der Waals surface area contributed by atoms with Crippen LogP contribution in [0, 0.1) is 0 Å². The molecule has 1 rings (SSSR count). The molecule has 7 nitrogen and oxygen atoms in total. The van der Waals surface area contributed by atoms with E-state index in [0.717, 1.165) is 0 Å². The van der Waals surface area contributed by atoms with Crippen LogP contribution in [0.2, 0.25) is 0 Å². The number of carboxylic acid groups (broad SMARTS) is 1. The van der Waals surface area contributed by atoms with Crippen molar-refractivity contribution in [2.24, 2.45) is 0 Å². The lowest BCUT2D eigenvalue weighted by Gasteiger charge is -2.22. The number of hydrogen-bond acceptors (Lipinski definition) is 5. The minimum atomic E-state index is -1.26.